The fraction of sp³-hybridized carbons (Fsp3) is 0.727. The summed E-state index contributed by atoms with van der Waals surface area (Å²) >= 11 is 0. The van der Waals surface area contributed by atoms with Gasteiger partial charge in [0.05, 0.1) is 18.6 Å². The van der Waals surface area contributed by atoms with Gasteiger partial charge >= 0.3 is 5.97 Å². The molecule has 0 bridgehead atoms. The zero-order chi connectivity index (χ0) is 11.7. The summed E-state index contributed by atoms with van der Waals surface area (Å²) in [5, 5.41) is 0. The Bertz CT molecular complexity index is 280. The average Bonchev–Trinajstić information content (AvgIpc) is 2.75. The van der Waals surface area contributed by atoms with E-state index in [-0.39, 0.29) is 17.5 Å². The second kappa shape index (κ2) is 4.10. The molecule has 15 heavy (non-hydrogen) atoms. The molecule has 0 unspecified atom stereocenters. The van der Waals surface area contributed by atoms with Gasteiger partial charge in [-0.2, -0.15) is 0 Å². The molecule has 1 fully saturated rings. The maximum absolute atomic E-state index is 11.4. The minimum atomic E-state index is -1.63. The minimum absolute atomic E-state index is 0.106. The molecular weight excluding hydrogens is 208 g/mol. The van der Waals surface area contributed by atoms with Gasteiger partial charge in [-0.1, -0.05) is 12.2 Å². The third-order valence-corrected chi connectivity index (χ3v) is 3.38. The van der Waals surface area contributed by atoms with Crippen LogP contribution in [0.2, 0.25) is 19.6 Å². The zero-order valence-electron chi connectivity index (χ0n) is 10.2. The lowest BCUT2D eigenvalue weighted by atomic mass is 10.2. The first-order valence-electron chi connectivity index (χ1n) is 5.26. The summed E-state index contributed by atoms with van der Waals surface area (Å²) in [5.41, 5.74) is -0.369. The number of esters is 1. The van der Waals surface area contributed by atoms with Crippen LogP contribution in [0.15, 0.2) is 12.2 Å². The Labute approximate surface area is 92.6 Å². The maximum Gasteiger partial charge on any atom is 0.312 e. The smallest absolute Gasteiger partial charge is 0.312 e. The predicted molar refractivity (Wildman–Crippen MR) is 62.1 cm³/mol. The molecule has 4 heteroatoms. The monoisotopic (exact) mass is 228 g/mol. The third kappa shape index (κ3) is 2.92. The van der Waals surface area contributed by atoms with Crippen molar-refractivity contribution in [1.82, 2.24) is 0 Å². The first-order valence-corrected chi connectivity index (χ1v) is 8.67. The van der Waals surface area contributed by atoms with Crippen LogP contribution in [-0.4, -0.2) is 27.0 Å². The molecule has 0 radical (unpaired) electrons. The second-order valence-electron chi connectivity index (χ2n) is 4.95. The van der Waals surface area contributed by atoms with E-state index in [1.807, 2.05) is 19.1 Å². The lowest BCUT2D eigenvalue weighted by Crippen LogP contribution is -2.34. The predicted octanol–water partition coefficient (Wildman–Crippen LogP) is 2.35. The van der Waals surface area contributed by atoms with Crippen LogP contribution >= 0.6 is 0 Å². The summed E-state index contributed by atoms with van der Waals surface area (Å²) in [6.45, 7) is 8.34. The molecule has 1 rings (SSSR count). The highest BCUT2D eigenvalue weighted by Crippen LogP contribution is 2.50. The molecule has 0 spiro atoms. The van der Waals surface area contributed by atoms with E-state index in [4.69, 9.17) is 9.16 Å². The van der Waals surface area contributed by atoms with Crippen LogP contribution in [0.25, 0.3) is 0 Å². The summed E-state index contributed by atoms with van der Waals surface area (Å²) in [4.78, 5) is 11.4. The van der Waals surface area contributed by atoms with E-state index in [1.54, 1.807) is 0 Å². The van der Waals surface area contributed by atoms with Crippen molar-refractivity contribution in [1.29, 1.82) is 0 Å². The summed E-state index contributed by atoms with van der Waals surface area (Å²) in [6.07, 6.45) is 4.70. The van der Waals surface area contributed by atoms with Crippen LogP contribution in [0.1, 0.15) is 13.3 Å². The standard InChI is InChI=1S/C11H20O3Si/c1-6-7-11(14-15(3,4)5)8-9(11)10(12)13-2/h6-7,9H,8H2,1-5H3/b7-6+/t9-,11+/m0/s1. The SMILES string of the molecule is C/C=C/[C@@]1(O[Si](C)(C)C)C[C@H]1C(=O)OC. The van der Waals surface area contributed by atoms with Crippen LogP contribution in [0.3, 0.4) is 0 Å². The Kier molecular flexibility index (Phi) is 3.40. The van der Waals surface area contributed by atoms with Gasteiger partial charge in [0.1, 0.15) is 0 Å². The molecule has 0 aromatic heterocycles. The molecule has 3 nitrogen and oxygen atoms in total. The third-order valence-electron chi connectivity index (χ3n) is 2.38. The van der Waals surface area contributed by atoms with Gasteiger partial charge < -0.3 is 9.16 Å². The summed E-state index contributed by atoms with van der Waals surface area (Å²) in [5.74, 6) is -0.267. The molecule has 0 aliphatic heterocycles. The lowest BCUT2D eigenvalue weighted by Gasteiger charge is -2.24. The highest BCUT2D eigenvalue weighted by Gasteiger charge is 2.60. The van der Waals surface area contributed by atoms with Crippen molar-refractivity contribution >= 4 is 14.3 Å². The molecule has 0 heterocycles. The fourth-order valence-electron chi connectivity index (χ4n) is 1.87. The number of carbonyl (C=O) groups is 1. The van der Waals surface area contributed by atoms with E-state index in [9.17, 15) is 4.79 Å². The highest BCUT2D eigenvalue weighted by atomic mass is 28.4. The first kappa shape index (κ1) is 12.5. The topological polar surface area (TPSA) is 35.5 Å². The lowest BCUT2D eigenvalue weighted by molar-refractivity contribution is -0.143. The van der Waals surface area contributed by atoms with Crippen molar-refractivity contribution in [3.8, 4) is 0 Å². The second-order valence-corrected chi connectivity index (χ2v) is 9.38. The van der Waals surface area contributed by atoms with E-state index in [0.717, 1.165) is 6.42 Å². The van der Waals surface area contributed by atoms with Crippen molar-refractivity contribution in [2.75, 3.05) is 7.11 Å². The number of carbonyl (C=O) groups excluding carboxylic acids is 1. The van der Waals surface area contributed by atoms with Crippen molar-refractivity contribution in [3.05, 3.63) is 12.2 Å². The Hall–Kier alpha value is -0.613. The number of ether oxygens (including phenoxy) is 1. The van der Waals surface area contributed by atoms with Gasteiger partial charge in [0.25, 0.3) is 0 Å². The van der Waals surface area contributed by atoms with Gasteiger partial charge in [0.2, 0.25) is 0 Å². The Morgan fingerprint density at radius 3 is 2.47 bits per heavy atom. The average molecular weight is 228 g/mol. The van der Waals surface area contributed by atoms with E-state index < -0.39 is 8.32 Å². The maximum atomic E-state index is 11.4. The Balaban J connectivity index is 2.74. The van der Waals surface area contributed by atoms with Crippen molar-refractivity contribution in [2.24, 2.45) is 5.92 Å². The first-order chi connectivity index (χ1) is 6.84. The Morgan fingerprint density at radius 2 is 2.07 bits per heavy atom. The van der Waals surface area contributed by atoms with Crippen molar-refractivity contribution in [2.45, 2.75) is 38.6 Å². The highest BCUT2D eigenvalue weighted by molar-refractivity contribution is 6.69. The summed E-state index contributed by atoms with van der Waals surface area (Å²) in [7, 11) is -0.201. The molecule has 0 aromatic rings. The van der Waals surface area contributed by atoms with Gasteiger partial charge in [-0.15, -0.1) is 0 Å². The van der Waals surface area contributed by atoms with Gasteiger partial charge in [0, 0.05) is 0 Å². The molecule has 1 saturated carbocycles. The largest absolute Gasteiger partial charge is 0.469 e. The Morgan fingerprint density at radius 1 is 1.47 bits per heavy atom. The zero-order valence-corrected chi connectivity index (χ0v) is 11.2. The molecule has 0 aromatic carbocycles. The number of hydrogen-bond acceptors (Lipinski definition) is 3. The quantitative estimate of drug-likeness (QED) is 0.421. The van der Waals surface area contributed by atoms with Gasteiger partial charge in [-0.25, -0.2) is 0 Å². The van der Waals surface area contributed by atoms with Crippen molar-refractivity contribution < 1.29 is 14.0 Å². The van der Waals surface area contributed by atoms with E-state index in [2.05, 4.69) is 19.6 Å². The fourth-order valence-corrected chi connectivity index (χ4v) is 3.30. The molecule has 2 atom stereocenters. The minimum Gasteiger partial charge on any atom is -0.469 e. The van der Waals surface area contributed by atoms with Crippen LogP contribution in [0.4, 0.5) is 0 Å². The van der Waals surface area contributed by atoms with Gasteiger partial charge in [-0.05, 0) is 33.0 Å². The normalized spacial score (nSPS) is 30.6. The molecule has 1 aliphatic carbocycles. The summed E-state index contributed by atoms with van der Waals surface area (Å²) < 4.78 is 10.8. The van der Waals surface area contributed by atoms with E-state index in [1.165, 1.54) is 7.11 Å². The van der Waals surface area contributed by atoms with Crippen LogP contribution in [0, 0.1) is 5.92 Å². The van der Waals surface area contributed by atoms with E-state index in [0.29, 0.717) is 0 Å². The molecular formula is C11H20O3Si. The molecule has 0 saturated heterocycles. The molecule has 0 N–H and O–H groups in total. The van der Waals surface area contributed by atoms with Crippen molar-refractivity contribution in [3.63, 3.8) is 0 Å². The van der Waals surface area contributed by atoms with Crippen LogP contribution < -0.4 is 0 Å². The molecule has 1 aliphatic rings. The van der Waals surface area contributed by atoms with Crippen LogP contribution in [0.5, 0.6) is 0 Å². The van der Waals surface area contributed by atoms with Gasteiger partial charge in [0.15, 0.2) is 8.32 Å². The van der Waals surface area contributed by atoms with E-state index >= 15 is 0 Å². The van der Waals surface area contributed by atoms with Gasteiger partial charge in [-0.3, -0.25) is 4.79 Å². The number of methoxy groups -OCH3 is 1. The molecule has 86 valence electrons. The number of rotatable bonds is 4. The number of hydrogen-bond donors (Lipinski definition) is 0. The summed E-state index contributed by atoms with van der Waals surface area (Å²) in [6, 6.07) is 0. The number of allylic oxidation sites excluding steroid dienone is 1. The van der Waals surface area contributed by atoms with Crippen LogP contribution in [-0.2, 0) is 14.0 Å². The molecule has 0 amide bonds.